The highest BCUT2D eigenvalue weighted by Gasteiger charge is 2.55. The Kier molecular flexibility index (Phi) is 7.71. The summed E-state index contributed by atoms with van der Waals surface area (Å²) >= 11 is 1.98. The van der Waals surface area contributed by atoms with E-state index >= 15 is 0 Å². The standard InChI is InChI=1S/C63H55BN2S/c1-60(2,3)39-26-27-50(43(32-39)36-18-11-10-12-19-36)65-52-34-45-40-22-15-16-25-53(40)67-58(45)54-42-24-17-23-41-44-30-37-20-13-14-21-38(37)31-51(44)66(56(41)42)64(55(52)54)59-57(65)46-33-48-49(35-47(46)63(59,8)9)62(6,7)29-28-61(48,4)5/h10-27,30-35H,28-29H2,1-9H3. The van der Waals surface area contributed by atoms with Gasteiger partial charge in [-0.3, -0.25) is 0 Å². The predicted octanol–water partition coefficient (Wildman–Crippen LogP) is 16.7. The normalized spacial score (nSPS) is 17.4. The van der Waals surface area contributed by atoms with E-state index in [9.17, 15) is 0 Å². The van der Waals surface area contributed by atoms with Crippen molar-refractivity contribution in [1.29, 1.82) is 0 Å². The molecule has 2 aliphatic heterocycles. The lowest BCUT2D eigenvalue weighted by molar-refractivity contribution is 0.331. The summed E-state index contributed by atoms with van der Waals surface area (Å²) in [5.74, 6) is 0. The van der Waals surface area contributed by atoms with Crippen LogP contribution >= 0.6 is 11.3 Å². The molecule has 10 aromatic rings. The predicted molar refractivity (Wildman–Crippen MR) is 290 cm³/mol. The van der Waals surface area contributed by atoms with Crippen LogP contribution in [0, 0.1) is 0 Å². The number of thiophene rings is 1. The number of aromatic nitrogens is 1. The lowest BCUT2D eigenvalue weighted by atomic mass is 9.40. The summed E-state index contributed by atoms with van der Waals surface area (Å²) in [6, 6.07) is 56.8. The van der Waals surface area contributed by atoms with E-state index in [1.807, 2.05) is 11.3 Å². The molecule has 0 atom stereocenters. The summed E-state index contributed by atoms with van der Waals surface area (Å²) in [6.45, 7) is 22.1. The number of hydrogen-bond acceptors (Lipinski definition) is 2. The molecule has 2 nitrogen and oxygen atoms in total. The molecule has 0 N–H and O–H groups in total. The summed E-state index contributed by atoms with van der Waals surface area (Å²) in [5.41, 5.74) is 21.8. The van der Waals surface area contributed by atoms with Crippen LogP contribution in [0.5, 0.6) is 0 Å². The van der Waals surface area contributed by atoms with Crippen molar-refractivity contribution in [3.63, 3.8) is 0 Å². The van der Waals surface area contributed by atoms with E-state index in [1.165, 1.54) is 144 Å². The molecule has 67 heavy (non-hydrogen) atoms. The van der Waals surface area contributed by atoms with Crippen molar-refractivity contribution in [2.75, 3.05) is 4.90 Å². The van der Waals surface area contributed by atoms with Crippen molar-refractivity contribution in [2.45, 2.75) is 96.8 Å². The fourth-order valence-corrected chi connectivity index (χ4v) is 14.5. The van der Waals surface area contributed by atoms with Gasteiger partial charge < -0.3 is 9.38 Å². The van der Waals surface area contributed by atoms with Gasteiger partial charge in [-0.15, -0.1) is 11.3 Å². The van der Waals surface area contributed by atoms with Gasteiger partial charge in [0.15, 0.2) is 0 Å². The quantitative estimate of drug-likeness (QED) is 0.157. The molecule has 326 valence electrons. The van der Waals surface area contributed by atoms with E-state index < -0.39 is 0 Å². The first kappa shape index (κ1) is 39.8. The van der Waals surface area contributed by atoms with Gasteiger partial charge in [0.1, 0.15) is 0 Å². The second-order valence-corrected chi connectivity index (χ2v) is 24.2. The molecule has 8 aromatic carbocycles. The van der Waals surface area contributed by atoms with Crippen LogP contribution < -0.4 is 10.4 Å². The van der Waals surface area contributed by atoms with Crippen LogP contribution in [-0.2, 0) is 21.7 Å². The number of anilines is 2. The maximum absolute atomic E-state index is 2.81. The first-order valence-electron chi connectivity index (χ1n) is 24.5. The Morgan fingerprint density at radius 1 is 0.552 bits per heavy atom. The SMILES string of the molecule is CC(C)(C)c1ccc(N2C3=C(B4c5c2cc2c(sc6ccccc62)c5-c2cccc5c6cc7ccccc7cc6n4c25)C(C)(C)c2cc4c(cc23)C(C)(C)CCC4(C)C)c(-c2ccccc2)c1. The third-order valence-corrected chi connectivity index (χ3v) is 18.2. The van der Waals surface area contributed by atoms with Crippen LogP contribution in [0.25, 0.3) is 80.7 Å². The van der Waals surface area contributed by atoms with Crippen molar-refractivity contribution >= 4 is 93.5 Å². The van der Waals surface area contributed by atoms with E-state index in [0.717, 1.165) is 0 Å². The number of allylic oxidation sites excluding steroid dienone is 1. The van der Waals surface area contributed by atoms with Crippen molar-refractivity contribution < 1.29 is 0 Å². The molecule has 0 unspecified atom stereocenters. The molecule has 2 aromatic heterocycles. The Labute approximate surface area is 398 Å². The smallest absolute Gasteiger partial charge is 0.329 e. The van der Waals surface area contributed by atoms with E-state index in [0.29, 0.717) is 0 Å². The van der Waals surface area contributed by atoms with Crippen molar-refractivity contribution in [3.8, 4) is 22.3 Å². The summed E-state index contributed by atoms with van der Waals surface area (Å²) < 4.78 is 5.54. The minimum atomic E-state index is -0.311. The third kappa shape index (κ3) is 5.18. The number of rotatable bonds is 2. The van der Waals surface area contributed by atoms with Gasteiger partial charge in [-0.05, 0) is 121 Å². The molecular weight excluding hydrogens is 828 g/mol. The highest BCUT2D eigenvalue weighted by atomic mass is 32.1. The molecule has 4 heteroatoms. The minimum absolute atomic E-state index is 0.0265. The summed E-state index contributed by atoms with van der Waals surface area (Å²) in [4.78, 5) is 2.78. The van der Waals surface area contributed by atoms with Gasteiger partial charge in [0.05, 0.1) is 5.69 Å². The Morgan fingerprint density at radius 3 is 2.00 bits per heavy atom. The highest BCUT2D eigenvalue weighted by Crippen LogP contribution is 2.61. The maximum Gasteiger partial charge on any atom is 0.329 e. The van der Waals surface area contributed by atoms with Gasteiger partial charge >= 0.3 is 6.85 Å². The summed E-state index contributed by atoms with van der Waals surface area (Å²) in [7, 11) is 0. The van der Waals surface area contributed by atoms with Gasteiger partial charge in [-0.1, -0.05) is 165 Å². The molecule has 0 spiro atoms. The van der Waals surface area contributed by atoms with Crippen LogP contribution in [0.4, 0.5) is 11.4 Å². The zero-order valence-electron chi connectivity index (χ0n) is 40.2. The number of nitrogens with zero attached hydrogens (tertiary/aromatic N) is 2. The Bertz CT molecular complexity index is 3890. The molecule has 0 bridgehead atoms. The maximum atomic E-state index is 2.81. The number of para-hydroxylation sites is 1. The second kappa shape index (κ2) is 13.0. The largest absolute Gasteiger partial charge is 0.376 e. The molecule has 14 rings (SSSR count). The van der Waals surface area contributed by atoms with E-state index in [1.54, 1.807) is 0 Å². The Balaban J connectivity index is 1.21. The molecular formula is C63H55BN2S. The van der Waals surface area contributed by atoms with E-state index in [2.05, 4.69) is 217 Å². The number of hydrogen-bond donors (Lipinski definition) is 0. The minimum Gasteiger partial charge on any atom is -0.376 e. The van der Waals surface area contributed by atoms with Crippen LogP contribution in [-0.4, -0.2) is 11.3 Å². The number of benzene rings is 8. The molecule has 4 aliphatic rings. The van der Waals surface area contributed by atoms with Crippen molar-refractivity contribution in [3.05, 3.63) is 179 Å². The van der Waals surface area contributed by atoms with Crippen molar-refractivity contribution in [1.82, 2.24) is 4.48 Å². The highest BCUT2D eigenvalue weighted by molar-refractivity contribution is 7.26. The molecule has 0 radical (unpaired) electrons. The topological polar surface area (TPSA) is 8.17 Å². The Hall–Kier alpha value is -6.36. The van der Waals surface area contributed by atoms with Crippen LogP contribution in [0.2, 0.25) is 0 Å². The van der Waals surface area contributed by atoms with Crippen LogP contribution in [0.3, 0.4) is 0 Å². The first-order chi connectivity index (χ1) is 32.1. The molecule has 0 fully saturated rings. The molecule has 0 amide bonds. The zero-order valence-corrected chi connectivity index (χ0v) is 41.0. The van der Waals surface area contributed by atoms with Gasteiger partial charge in [0.2, 0.25) is 0 Å². The molecule has 0 saturated carbocycles. The second-order valence-electron chi connectivity index (χ2n) is 23.1. The van der Waals surface area contributed by atoms with Crippen molar-refractivity contribution in [2.24, 2.45) is 0 Å². The summed E-state index contributed by atoms with van der Waals surface area (Å²) in [6.07, 6.45) is 2.36. The average molecular weight is 883 g/mol. The van der Waals surface area contributed by atoms with Gasteiger partial charge in [0, 0.05) is 81.0 Å². The fourth-order valence-electron chi connectivity index (χ4n) is 13.3. The molecule has 0 saturated heterocycles. The van der Waals surface area contributed by atoms with Gasteiger partial charge in [0.25, 0.3) is 0 Å². The van der Waals surface area contributed by atoms with Gasteiger partial charge in [-0.25, -0.2) is 0 Å². The third-order valence-electron chi connectivity index (χ3n) is 17.0. The lowest BCUT2D eigenvalue weighted by Gasteiger charge is -2.43. The van der Waals surface area contributed by atoms with Gasteiger partial charge in [-0.2, -0.15) is 0 Å². The average Bonchev–Trinajstić information content (AvgIpc) is 3.93. The number of fused-ring (bicyclic) bond motifs is 14. The molecule has 4 heterocycles. The van der Waals surface area contributed by atoms with Crippen LogP contribution in [0.15, 0.2) is 151 Å². The monoisotopic (exact) mass is 882 g/mol. The summed E-state index contributed by atoms with van der Waals surface area (Å²) in [5, 5.41) is 7.91. The fraction of sp³-hybridized carbons (Fsp3) is 0.238. The molecule has 2 aliphatic carbocycles. The Morgan fingerprint density at radius 2 is 1.24 bits per heavy atom. The first-order valence-corrected chi connectivity index (χ1v) is 25.3. The zero-order chi connectivity index (χ0) is 45.7. The van der Waals surface area contributed by atoms with E-state index in [4.69, 9.17) is 0 Å². The lowest BCUT2D eigenvalue weighted by Crippen LogP contribution is -2.52. The van der Waals surface area contributed by atoms with E-state index in [-0.39, 0.29) is 28.5 Å². The van der Waals surface area contributed by atoms with Crippen LogP contribution in [0.1, 0.15) is 103 Å².